The summed E-state index contributed by atoms with van der Waals surface area (Å²) in [5.41, 5.74) is 1.30. The smallest absolute Gasteiger partial charge is 0.305 e. The summed E-state index contributed by atoms with van der Waals surface area (Å²) in [5, 5.41) is 13.1. The van der Waals surface area contributed by atoms with Crippen molar-refractivity contribution in [2.45, 2.75) is 19.4 Å². The largest absolute Gasteiger partial charge is 0.481 e. The summed E-state index contributed by atoms with van der Waals surface area (Å²) < 4.78 is 1.55. The van der Waals surface area contributed by atoms with Crippen LogP contribution >= 0.6 is 11.8 Å². The molecule has 1 amide bonds. The van der Waals surface area contributed by atoms with Crippen molar-refractivity contribution >= 4 is 23.6 Å². The molecule has 6 nitrogen and oxygen atoms in total. The number of nitrogens with zero attached hydrogens (tertiary/aromatic N) is 3. The lowest BCUT2D eigenvalue weighted by molar-refractivity contribution is -0.138. The van der Waals surface area contributed by atoms with Gasteiger partial charge in [-0.05, 0) is 13.0 Å². The second-order valence-corrected chi connectivity index (χ2v) is 5.77. The number of carboxylic acid groups (broad SMARTS) is 1. The van der Waals surface area contributed by atoms with Crippen molar-refractivity contribution in [1.29, 1.82) is 0 Å². The van der Waals surface area contributed by atoms with Crippen LogP contribution in [0.4, 0.5) is 0 Å². The number of carboxylic acids is 1. The zero-order chi connectivity index (χ0) is 14.0. The summed E-state index contributed by atoms with van der Waals surface area (Å²) in [6.07, 6.45) is -0.00439. The molecule has 104 valence electrons. The van der Waals surface area contributed by atoms with Crippen LogP contribution in [0, 0.1) is 6.92 Å². The van der Waals surface area contributed by atoms with E-state index < -0.39 is 5.97 Å². The molecule has 1 fully saturated rings. The SMILES string of the molecule is Cc1cc(C(=O)N2CCSCC2CC(=O)O)n(C)n1. The third kappa shape index (κ3) is 3.09. The van der Waals surface area contributed by atoms with E-state index >= 15 is 0 Å². The molecule has 1 N–H and O–H groups in total. The second kappa shape index (κ2) is 5.64. The molecule has 0 saturated carbocycles. The average Bonchev–Trinajstić information content (AvgIpc) is 2.67. The summed E-state index contributed by atoms with van der Waals surface area (Å²) in [4.78, 5) is 25.0. The number of rotatable bonds is 3. The van der Waals surface area contributed by atoms with Crippen LogP contribution < -0.4 is 0 Å². The average molecular weight is 283 g/mol. The van der Waals surface area contributed by atoms with E-state index in [1.807, 2.05) is 6.92 Å². The topological polar surface area (TPSA) is 75.4 Å². The van der Waals surface area contributed by atoms with Gasteiger partial charge in [-0.1, -0.05) is 0 Å². The van der Waals surface area contributed by atoms with Crippen molar-refractivity contribution in [2.24, 2.45) is 7.05 Å². The highest BCUT2D eigenvalue weighted by Gasteiger charge is 2.30. The first-order valence-electron chi connectivity index (χ1n) is 6.10. The van der Waals surface area contributed by atoms with E-state index in [1.165, 1.54) is 0 Å². The van der Waals surface area contributed by atoms with Crippen molar-refractivity contribution in [1.82, 2.24) is 14.7 Å². The summed E-state index contributed by atoms with van der Waals surface area (Å²) in [6, 6.07) is 1.50. The number of aliphatic carboxylic acids is 1. The Morgan fingerprint density at radius 1 is 1.58 bits per heavy atom. The van der Waals surface area contributed by atoms with Crippen molar-refractivity contribution in [2.75, 3.05) is 18.1 Å². The van der Waals surface area contributed by atoms with Crippen molar-refractivity contribution in [3.05, 3.63) is 17.5 Å². The number of carbonyl (C=O) groups is 2. The molecule has 1 aromatic heterocycles. The molecule has 2 rings (SSSR count). The van der Waals surface area contributed by atoms with E-state index in [9.17, 15) is 9.59 Å². The standard InChI is InChI=1S/C12H17N3O3S/c1-8-5-10(14(2)13-8)12(18)15-3-4-19-7-9(15)6-11(16)17/h5,9H,3-4,6-7H2,1-2H3,(H,16,17). The molecule has 1 atom stereocenters. The monoisotopic (exact) mass is 283 g/mol. The quantitative estimate of drug-likeness (QED) is 0.886. The van der Waals surface area contributed by atoms with E-state index in [4.69, 9.17) is 5.11 Å². The Kier molecular flexibility index (Phi) is 4.14. The lowest BCUT2D eigenvalue weighted by Gasteiger charge is -2.34. The highest BCUT2D eigenvalue weighted by molar-refractivity contribution is 7.99. The van der Waals surface area contributed by atoms with Crippen LogP contribution in [0.2, 0.25) is 0 Å². The van der Waals surface area contributed by atoms with Gasteiger partial charge in [0.05, 0.1) is 18.2 Å². The first-order valence-corrected chi connectivity index (χ1v) is 7.25. The Balaban J connectivity index is 2.19. The van der Waals surface area contributed by atoms with Gasteiger partial charge in [0.1, 0.15) is 5.69 Å². The van der Waals surface area contributed by atoms with Gasteiger partial charge >= 0.3 is 5.97 Å². The van der Waals surface area contributed by atoms with Gasteiger partial charge in [-0.2, -0.15) is 16.9 Å². The maximum Gasteiger partial charge on any atom is 0.305 e. The summed E-state index contributed by atoms with van der Waals surface area (Å²) in [5.74, 6) is 0.522. The molecule has 0 aliphatic carbocycles. The molecule has 1 unspecified atom stereocenters. The summed E-state index contributed by atoms with van der Waals surface area (Å²) in [6.45, 7) is 2.42. The Morgan fingerprint density at radius 3 is 2.89 bits per heavy atom. The maximum atomic E-state index is 12.5. The van der Waals surface area contributed by atoms with Crippen molar-refractivity contribution in [3.63, 3.8) is 0 Å². The minimum absolute atomic E-state index is 0.00439. The molecular formula is C12H17N3O3S. The van der Waals surface area contributed by atoms with Gasteiger partial charge in [-0.3, -0.25) is 14.3 Å². The Hall–Kier alpha value is -1.50. The fraction of sp³-hybridized carbons (Fsp3) is 0.583. The lowest BCUT2D eigenvalue weighted by Crippen LogP contribution is -2.47. The van der Waals surface area contributed by atoms with Gasteiger partial charge in [-0.15, -0.1) is 0 Å². The minimum Gasteiger partial charge on any atom is -0.481 e. The van der Waals surface area contributed by atoms with E-state index in [1.54, 1.807) is 34.5 Å². The molecule has 0 spiro atoms. The van der Waals surface area contributed by atoms with Crippen LogP contribution in [0.1, 0.15) is 22.6 Å². The molecule has 0 bridgehead atoms. The molecule has 1 saturated heterocycles. The van der Waals surface area contributed by atoms with E-state index in [-0.39, 0.29) is 18.4 Å². The predicted octanol–water partition coefficient (Wildman–Crippen LogP) is 0.761. The lowest BCUT2D eigenvalue weighted by atomic mass is 10.1. The van der Waals surface area contributed by atoms with Gasteiger partial charge in [0, 0.05) is 25.1 Å². The molecule has 1 aliphatic rings. The summed E-state index contributed by atoms with van der Waals surface area (Å²) >= 11 is 1.69. The number of hydrogen-bond acceptors (Lipinski definition) is 4. The molecule has 2 heterocycles. The molecule has 1 aliphatic heterocycles. The zero-order valence-electron chi connectivity index (χ0n) is 11.0. The third-order valence-electron chi connectivity index (χ3n) is 3.12. The fourth-order valence-electron chi connectivity index (χ4n) is 2.25. The minimum atomic E-state index is -0.869. The molecular weight excluding hydrogens is 266 g/mol. The Bertz CT molecular complexity index is 500. The maximum absolute atomic E-state index is 12.5. The highest BCUT2D eigenvalue weighted by atomic mass is 32.2. The van der Waals surface area contributed by atoms with E-state index in [0.29, 0.717) is 18.0 Å². The van der Waals surface area contributed by atoms with Crippen LogP contribution in [-0.2, 0) is 11.8 Å². The van der Waals surface area contributed by atoms with E-state index in [2.05, 4.69) is 5.10 Å². The van der Waals surface area contributed by atoms with Crippen LogP contribution in [0.15, 0.2) is 6.07 Å². The van der Waals surface area contributed by atoms with Gasteiger partial charge < -0.3 is 10.0 Å². The normalized spacial score (nSPS) is 19.5. The van der Waals surface area contributed by atoms with Crippen LogP contribution in [0.3, 0.4) is 0 Å². The third-order valence-corrected chi connectivity index (χ3v) is 4.21. The Labute approximate surface area is 115 Å². The number of amides is 1. The first kappa shape index (κ1) is 13.9. The first-order chi connectivity index (χ1) is 8.99. The molecule has 1 aromatic rings. The van der Waals surface area contributed by atoms with Crippen LogP contribution in [-0.4, -0.2) is 55.8 Å². The van der Waals surface area contributed by atoms with Crippen LogP contribution in [0.25, 0.3) is 0 Å². The molecule has 19 heavy (non-hydrogen) atoms. The van der Waals surface area contributed by atoms with Gasteiger partial charge in [0.2, 0.25) is 0 Å². The number of aromatic nitrogens is 2. The van der Waals surface area contributed by atoms with Crippen molar-refractivity contribution < 1.29 is 14.7 Å². The van der Waals surface area contributed by atoms with Gasteiger partial charge in [0.15, 0.2) is 0 Å². The molecule has 0 aromatic carbocycles. The number of aryl methyl sites for hydroxylation is 2. The number of hydrogen-bond donors (Lipinski definition) is 1. The Morgan fingerprint density at radius 2 is 2.32 bits per heavy atom. The van der Waals surface area contributed by atoms with Crippen LogP contribution in [0.5, 0.6) is 0 Å². The zero-order valence-corrected chi connectivity index (χ0v) is 11.8. The second-order valence-electron chi connectivity index (χ2n) is 4.62. The number of thioether (sulfide) groups is 1. The molecule has 0 radical (unpaired) electrons. The van der Waals surface area contributed by atoms with E-state index in [0.717, 1.165) is 11.4 Å². The van der Waals surface area contributed by atoms with Gasteiger partial charge in [-0.25, -0.2) is 0 Å². The highest BCUT2D eigenvalue weighted by Crippen LogP contribution is 2.21. The number of carbonyl (C=O) groups excluding carboxylic acids is 1. The van der Waals surface area contributed by atoms with Gasteiger partial charge in [0.25, 0.3) is 5.91 Å². The molecule has 7 heteroatoms. The van der Waals surface area contributed by atoms with Crippen molar-refractivity contribution in [3.8, 4) is 0 Å². The fourth-order valence-corrected chi connectivity index (χ4v) is 3.31. The predicted molar refractivity (Wildman–Crippen MR) is 72.3 cm³/mol. The summed E-state index contributed by atoms with van der Waals surface area (Å²) in [7, 11) is 1.73.